The summed E-state index contributed by atoms with van der Waals surface area (Å²) in [4.78, 5) is 16.2. The summed E-state index contributed by atoms with van der Waals surface area (Å²) in [7, 11) is 0. The summed E-state index contributed by atoms with van der Waals surface area (Å²) in [6.07, 6.45) is 1.55. The zero-order valence-corrected chi connectivity index (χ0v) is 10.7. The molecule has 0 aliphatic rings. The average molecular weight is 268 g/mol. The van der Waals surface area contributed by atoms with Gasteiger partial charge in [-0.25, -0.2) is 10.8 Å². The number of hydrogen-bond donors (Lipinski definition) is 2. The molecule has 0 saturated carbocycles. The van der Waals surface area contributed by atoms with E-state index in [1.54, 1.807) is 6.26 Å². The Balaban J connectivity index is 2.23. The summed E-state index contributed by atoms with van der Waals surface area (Å²) in [6.45, 7) is 4.12. The highest BCUT2D eigenvalue weighted by Gasteiger charge is 2.11. The Bertz CT molecular complexity index is 532. The molecule has 0 aromatic carbocycles. The molecule has 2 aromatic rings. The van der Waals surface area contributed by atoms with Gasteiger partial charge in [0.25, 0.3) is 5.22 Å². The highest BCUT2D eigenvalue weighted by molar-refractivity contribution is 7.98. The van der Waals surface area contributed by atoms with E-state index in [1.807, 2.05) is 13.8 Å². The standard InChI is InChI=1S/C9H12N6O2S/c1-3-16-7-12-6(15-10)13-8(14-7)18-9-11-5(2)4-17-9/h4H,3,10H2,1-2H3,(H,12,13,14,15). The largest absolute Gasteiger partial charge is 0.464 e. The van der Waals surface area contributed by atoms with Crippen molar-refractivity contribution < 1.29 is 9.15 Å². The number of nitrogen functional groups attached to an aromatic ring is 1. The highest BCUT2D eigenvalue weighted by Crippen LogP contribution is 2.25. The van der Waals surface area contributed by atoms with Crippen LogP contribution in [0.15, 0.2) is 21.1 Å². The topological polar surface area (TPSA) is 112 Å². The molecule has 2 rings (SSSR count). The molecule has 0 aliphatic carbocycles. The van der Waals surface area contributed by atoms with E-state index in [0.29, 0.717) is 17.0 Å². The van der Waals surface area contributed by atoms with Crippen molar-refractivity contribution in [2.45, 2.75) is 24.2 Å². The SMILES string of the molecule is CCOc1nc(NN)nc(Sc2nc(C)co2)n1. The van der Waals surface area contributed by atoms with Gasteiger partial charge in [-0.05, 0) is 13.8 Å². The first-order valence-corrected chi connectivity index (χ1v) is 5.98. The lowest BCUT2D eigenvalue weighted by atomic mass is 10.6. The van der Waals surface area contributed by atoms with Gasteiger partial charge in [-0.2, -0.15) is 15.0 Å². The Morgan fingerprint density at radius 2 is 2.22 bits per heavy atom. The van der Waals surface area contributed by atoms with Crippen molar-refractivity contribution in [3.63, 3.8) is 0 Å². The van der Waals surface area contributed by atoms with Gasteiger partial charge in [-0.1, -0.05) is 0 Å². The summed E-state index contributed by atoms with van der Waals surface area (Å²) in [6, 6.07) is 0.200. The molecule has 96 valence electrons. The first-order valence-electron chi connectivity index (χ1n) is 5.16. The molecular formula is C9H12N6O2S. The summed E-state index contributed by atoms with van der Waals surface area (Å²) in [5.41, 5.74) is 3.14. The van der Waals surface area contributed by atoms with Gasteiger partial charge >= 0.3 is 6.01 Å². The number of hydrazine groups is 1. The van der Waals surface area contributed by atoms with E-state index >= 15 is 0 Å². The fraction of sp³-hybridized carbons (Fsp3) is 0.333. The average Bonchev–Trinajstić information content (AvgIpc) is 2.75. The highest BCUT2D eigenvalue weighted by atomic mass is 32.2. The van der Waals surface area contributed by atoms with E-state index in [1.165, 1.54) is 0 Å². The minimum absolute atomic E-state index is 0.200. The number of ether oxygens (including phenoxy) is 1. The van der Waals surface area contributed by atoms with Gasteiger partial charge in [0.2, 0.25) is 11.1 Å². The fourth-order valence-corrected chi connectivity index (χ4v) is 1.80. The number of anilines is 1. The van der Waals surface area contributed by atoms with Crippen LogP contribution in [0.2, 0.25) is 0 Å². The van der Waals surface area contributed by atoms with Crippen LogP contribution in [0.1, 0.15) is 12.6 Å². The van der Waals surface area contributed by atoms with Crippen molar-refractivity contribution in [1.29, 1.82) is 0 Å². The molecule has 0 unspecified atom stereocenters. The smallest absolute Gasteiger partial charge is 0.322 e. The minimum Gasteiger partial charge on any atom is -0.464 e. The molecule has 18 heavy (non-hydrogen) atoms. The molecule has 0 saturated heterocycles. The second kappa shape index (κ2) is 5.65. The monoisotopic (exact) mass is 268 g/mol. The number of nitrogens with two attached hydrogens (primary N) is 1. The molecule has 0 atom stereocenters. The van der Waals surface area contributed by atoms with Crippen molar-refractivity contribution >= 4 is 17.7 Å². The lowest BCUT2D eigenvalue weighted by molar-refractivity contribution is 0.308. The second-order valence-electron chi connectivity index (χ2n) is 3.16. The third kappa shape index (κ3) is 3.08. The van der Waals surface area contributed by atoms with Crippen LogP contribution in [0.5, 0.6) is 6.01 Å². The first kappa shape index (κ1) is 12.6. The number of nitrogens with one attached hydrogen (secondary N) is 1. The quantitative estimate of drug-likeness (QED) is 0.605. The van der Waals surface area contributed by atoms with Gasteiger partial charge < -0.3 is 9.15 Å². The summed E-state index contributed by atoms with van der Waals surface area (Å²) in [5.74, 6) is 5.50. The summed E-state index contributed by atoms with van der Waals surface area (Å²) < 4.78 is 10.4. The molecule has 2 aromatic heterocycles. The molecule has 0 bridgehead atoms. The maximum absolute atomic E-state index is 5.27. The number of rotatable bonds is 5. The van der Waals surface area contributed by atoms with Gasteiger partial charge in [-0.3, -0.25) is 5.43 Å². The van der Waals surface area contributed by atoms with Crippen LogP contribution in [0.3, 0.4) is 0 Å². The second-order valence-corrected chi connectivity index (χ2v) is 4.08. The van der Waals surface area contributed by atoms with Crippen LogP contribution in [0.4, 0.5) is 5.95 Å². The van der Waals surface area contributed by atoms with E-state index in [-0.39, 0.29) is 12.0 Å². The normalized spacial score (nSPS) is 10.4. The van der Waals surface area contributed by atoms with Crippen LogP contribution < -0.4 is 16.0 Å². The summed E-state index contributed by atoms with van der Waals surface area (Å²) >= 11 is 1.16. The van der Waals surface area contributed by atoms with E-state index < -0.39 is 0 Å². The van der Waals surface area contributed by atoms with Crippen molar-refractivity contribution in [2.75, 3.05) is 12.0 Å². The van der Waals surface area contributed by atoms with Crippen LogP contribution in [0, 0.1) is 6.92 Å². The van der Waals surface area contributed by atoms with Crippen molar-refractivity contribution in [3.05, 3.63) is 12.0 Å². The predicted octanol–water partition coefficient (Wildman–Crippen LogP) is 1.00. The van der Waals surface area contributed by atoms with Crippen LogP contribution in [-0.4, -0.2) is 26.5 Å². The molecule has 0 spiro atoms. The fourth-order valence-electron chi connectivity index (χ4n) is 1.10. The summed E-state index contributed by atoms with van der Waals surface area (Å²) in [5, 5.41) is 0.840. The number of oxazole rings is 1. The zero-order valence-electron chi connectivity index (χ0n) is 9.88. The Hall–Kier alpha value is -1.87. The molecular weight excluding hydrogens is 256 g/mol. The molecule has 0 fully saturated rings. The lowest BCUT2D eigenvalue weighted by Crippen LogP contribution is -2.12. The van der Waals surface area contributed by atoms with E-state index in [9.17, 15) is 0 Å². The van der Waals surface area contributed by atoms with Gasteiger partial charge in [0.05, 0.1) is 12.3 Å². The predicted molar refractivity (Wildman–Crippen MR) is 64.2 cm³/mol. The minimum atomic E-state index is 0.200. The van der Waals surface area contributed by atoms with Gasteiger partial charge in [0, 0.05) is 11.8 Å². The Kier molecular flexibility index (Phi) is 3.95. The van der Waals surface area contributed by atoms with Crippen molar-refractivity contribution in [1.82, 2.24) is 19.9 Å². The Morgan fingerprint density at radius 3 is 2.83 bits per heavy atom. The van der Waals surface area contributed by atoms with Crippen molar-refractivity contribution in [3.8, 4) is 6.01 Å². The van der Waals surface area contributed by atoms with Crippen molar-refractivity contribution in [2.24, 2.45) is 5.84 Å². The maximum Gasteiger partial charge on any atom is 0.322 e. The lowest BCUT2D eigenvalue weighted by Gasteiger charge is -2.04. The third-order valence-corrected chi connectivity index (χ3v) is 2.50. The number of aryl methyl sites for hydroxylation is 1. The van der Waals surface area contributed by atoms with E-state index in [0.717, 1.165) is 17.5 Å². The van der Waals surface area contributed by atoms with Gasteiger partial charge in [-0.15, -0.1) is 0 Å². The molecule has 0 amide bonds. The number of aromatic nitrogens is 4. The number of hydrogen-bond acceptors (Lipinski definition) is 9. The van der Waals surface area contributed by atoms with Crippen LogP contribution in [-0.2, 0) is 0 Å². The molecule has 0 radical (unpaired) electrons. The molecule has 2 heterocycles. The molecule has 0 aliphatic heterocycles. The third-order valence-electron chi connectivity index (χ3n) is 1.77. The van der Waals surface area contributed by atoms with E-state index in [4.69, 9.17) is 15.0 Å². The first-order chi connectivity index (χ1) is 8.71. The number of nitrogens with zero attached hydrogens (tertiary/aromatic N) is 4. The zero-order chi connectivity index (χ0) is 13.0. The molecule has 9 heteroatoms. The van der Waals surface area contributed by atoms with Crippen LogP contribution >= 0.6 is 11.8 Å². The molecule has 3 N–H and O–H groups in total. The Labute approximate surface area is 107 Å². The van der Waals surface area contributed by atoms with E-state index in [2.05, 4.69) is 25.4 Å². The van der Waals surface area contributed by atoms with Gasteiger partial charge in [0.1, 0.15) is 6.26 Å². The van der Waals surface area contributed by atoms with Gasteiger partial charge in [0.15, 0.2) is 0 Å². The maximum atomic E-state index is 5.27. The Morgan fingerprint density at radius 1 is 1.39 bits per heavy atom. The molecule has 8 nitrogen and oxygen atoms in total. The van der Waals surface area contributed by atoms with Crippen LogP contribution in [0.25, 0.3) is 0 Å².